The number of nitrogens with zero attached hydrogens (tertiary/aromatic N) is 2. The third-order valence-electron chi connectivity index (χ3n) is 5.03. The lowest BCUT2D eigenvalue weighted by Crippen LogP contribution is -2.41. The van der Waals surface area contributed by atoms with E-state index in [4.69, 9.17) is 27.9 Å². The molecule has 7 heteroatoms. The first-order valence-corrected chi connectivity index (χ1v) is 11.8. The number of carbonyl (C=O) groups is 1. The largest absolute Gasteiger partial charge is 0.483 e. The Morgan fingerprint density at radius 3 is 2.60 bits per heavy atom. The molecule has 30 heavy (non-hydrogen) atoms. The van der Waals surface area contributed by atoms with Crippen LogP contribution in [0.15, 0.2) is 41.4 Å². The molecular weight excluding hydrogens is 439 g/mol. The minimum atomic E-state index is -0.0955. The van der Waals surface area contributed by atoms with Crippen molar-refractivity contribution in [2.45, 2.75) is 46.1 Å². The smallest absolute Gasteiger partial charge is 0.266 e. The highest BCUT2D eigenvalue weighted by atomic mass is 35.5. The summed E-state index contributed by atoms with van der Waals surface area (Å²) in [7, 11) is 0. The summed E-state index contributed by atoms with van der Waals surface area (Å²) >= 11 is 13.8. The van der Waals surface area contributed by atoms with Crippen LogP contribution < -0.4 is 4.74 Å². The number of carbonyl (C=O) groups excluding carboxylic acids is 1. The molecule has 0 bridgehead atoms. The molecule has 0 unspecified atom stereocenters. The second-order valence-corrected chi connectivity index (χ2v) is 9.42. The van der Waals surface area contributed by atoms with Gasteiger partial charge in [0.1, 0.15) is 5.75 Å². The van der Waals surface area contributed by atoms with E-state index in [1.165, 1.54) is 0 Å². The maximum Gasteiger partial charge on any atom is 0.266 e. The van der Waals surface area contributed by atoms with Gasteiger partial charge in [-0.2, -0.15) is 0 Å². The fourth-order valence-electron chi connectivity index (χ4n) is 3.25. The van der Waals surface area contributed by atoms with Crippen molar-refractivity contribution in [2.75, 3.05) is 12.4 Å². The van der Waals surface area contributed by atoms with Crippen molar-refractivity contribution in [3.05, 3.63) is 57.6 Å². The molecule has 160 valence electrons. The molecule has 4 nitrogen and oxygen atoms in total. The molecule has 1 saturated heterocycles. The van der Waals surface area contributed by atoms with Gasteiger partial charge in [0.2, 0.25) is 0 Å². The van der Waals surface area contributed by atoms with Crippen LogP contribution in [0, 0.1) is 6.92 Å². The quantitative estimate of drug-likeness (QED) is 0.469. The van der Waals surface area contributed by atoms with E-state index in [0.717, 1.165) is 29.0 Å². The molecule has 2 aromatic carbocycles. The lowest BCUT2D eigenvalue weighted by molar-refractivity contribution is -0.130. The molecule has 0 saturated carbocycles. The minimum absolute atomic E-state index is 0.0442. The average molecular weight is 465 g/mol. The molecule has 1 atom stereocenters. The molecule has 1 fully saturated rings. The fourth-order valence-corrected chi connectivity index (χ4v) is 4.83. The highest BCUT2D eigenvalue weighted by Gasteiger charge is 2.34. The Kier molecular flexibility index (Phi) is 7.72. The summed E-state index contributed by atoms with van der Waals surface area (Å²) in [6, 6.07) is 11.2. The fraction of sp³-hybridized carbons (Fsp3) is 0.391. The van der Waals surface area contributed by atoms with Crippen molar-refractivity contribution >= 4 is 51.7 Å². The van der Waals surface area contributed by atoms with Crippen molar-refractivity contribution in [1.29, 1.82) is 0 Å². The number of thioether (sulfide) groups is 1. The molecule has 1 aliphatic rings. The molecule has 0 spiro atoms. The SMILES string of the molecule is CC[C@@H]1CSC(=Nc2ccc(Cl)cc2)N1C(=O)COc1cc(C)c(Cl)cc1C(C)C. The molecule has 0 aliphatic carbocycles. The van der Waals surface area contributed by atoms with Gasteiger partial charge in [0.05, 0.1) is 5.69 Å². The van der Waals surface area contributed by atoms with E-state index in [1.54, 1.807) is 28.8 Å². The Hall–Kier alpha value is -1.69. The van der Waals surface area contributed by atoms with Crippen molar-refractivity contribution in [3.63, 3.8) is 0 Å². The molecule has 0 radical (unpaired) electrons. The van der Waals surface area contributed by atoms with Crippen molar-refractivity contribution in [1.82, 2.24) is 4.90 Å². The van der Waals surface area contributed by atoms with Crippen LogP contribution in [-0.4, -0.2) is 34.4 Å². The van der Waals surface area contributed by atoms with Crippen LogP contribution in [0.5, 0.6) is 5.75 Å². The first kappa shape index (κ1) is 23.0. The summed E-state index contributed by atoms with van der Waals surface area (Å²) in [6.45, 7) is 8.13. The van der Waals surface area contributed by atoms with Crippen molar-refractivity contribution in [2.24, 2.45) is 4.99 Å². The number of amides is 1. The average Bonchev–Trinajstić information content (AvgIpc) is 3.12. The van der Waals surface area contributed by atoms with Crippen molar-refractivity contribution < 1.29 is 9.53 Å². The van der Waals surface area contributed by atoms with E-state index in [9.17, 15) is 4.79 Å². The van der Waals surface area contributed by atoms with E-state index in [1.807, 2.05) is 31.2 Å². The Labute approximate surface area is 192 Å². The van der Waals surface area contributed by atoms with Gasteiger partial charge in [0, 0.05) is 21.8 Å². The van der Waals surface area contributed by atoms with Gasteiger partial charge < -0.3 is 4.74 Å². The summed E-state index contributed by atoms with van der Waals surface area (Å²) in [6.07, 6.45) is 0.857. The van der Waals surface area contributed by atoms with Gasteiger partial charge in [-0.05, 0) is 66.8 Å². The standard InChI is InChI=1S/C23H26Cl2N2O2S/c1-5-18-13-30-23(26-17-8-6-16(24)7-9-17)27(18)22(28)12-29-21-10-15(4)20(25)11-19(21)14(2)3/h6-11,14,18H,5,12-13H2,1-4H3/t18-/m1/s1. The Balaban J connectivity index is 1.80. The van der Waals surface area contributed by atoms with Crippen LogP contribution in [0.25, 0.3) is 0 Å². The molecule has 0 N–H and O–H groups in total. The van der Waals surface area contributed by atoms with Gasteiger partial charge in [-0.15, -0.1) is 0 Å². The number of ether oxygens (including phenoxy) is 1. The van der Waals surface area contributed by atoms with E-state index >= 15 is 0 Å². The molecule has 0 aromatic heterocycles. The number of rotatable bonds is 6. The van der Waals surface area contributed by atoms with Gasteiger partial charge >= 0.3 is 0 Å². The summed E-state index contributed by atoms with van der Waals surface area (Å²) in [5.41, 5.74) is 2.70. The van der Waals surface area contributed by atoms with Gasteiger partial charge in [-0.1, -0.05) is 55.7 Å². The zero-order chi connectivity index (χ0) is 21.8. The van der Waals surface area contributed by atoms with Crippen LogP contribution in [-0.2, 0) is 4.79 Å². The Morgan fingerprint density at radius 2 is 1.97 bits per heavy atom. The number of hydrogen-bond acceptors (Lipinski definition) is 4. The molecule has 3 rings (SSSR count). The lowest BCUT2D eigenvalue weighted by atomic mass is 10.0. The second kappa shape index (κ2) is 10.1. The topological polar surface area (TPSA) is 41.9 Å². The van der Waals surface area contributed by atoms with E-state index in [0.29, 0.717) is 21.0 Å². The monoisotopic (exact) mass is 464 g/mol. The van der Waals surface area contributed by atoms with Crippen LogP contribution >= 0.6 is 35.0 Å². The highest BCUT2D eigenvalue weighted by Crippen LogP contribution is 2.33. The number of aliphatic imine (C=N–C) groups is 1. The third-order valence-corrected chi connectivity index (χ3v) is 6.79. The summed E-state index contributed by atoms with van der Waals surface area (Å²) in [5, 5.41) is 2.07. The minimum Gasteiger partial charge on any atom is -0.483 e. The van der Waals surface area contributed by atoms with Crippen LogP contribution in [0.4, 0.5) is 5.69 Å². The summed E-state index contributed by atoms with van der Waals surface area (Å²) in [5.74, 6) is 1.67. The lowest BCUT2D eigenvalue weighted by Gasteiger charge is -2.24. The van der Waals surface area contributed by atoms with Gasteiger partial charge in [-0.3, -0.25) is 9.69 Å². The van der Waals surface area contributed by atoms with Gasteiger partial charge in [-0.25, -0.2) is 4.99 Å². The first-order valence-electron chi connectivity index (χ1n) is 10.0. The van der Waals surface area contributed by atoms with Crippen LogP contribution in [0.2, 0.25) is 10.0 Å². The molecule has 1 amide bonds. The predicted octanol–water partition coefficient (Wildman–Crippen LogP) is 6.85. The predicted molar refractivity (Wildman–Crippen MR) is 128 cm³/mol. The number of amidine groups is 1. The Bertz CT molecular complexity index is 945. The van der Waals surface area contributed by atoms with Gasteiger partial charge in [0.15, 0.2) is 11.8 Å². The van der Waals surface area contributed by atoms with E-state index in [2.05, 4.69) is 25.8 Å². The number of aryl methyl sites for hydroxylation is 1. The zero-order valence-corrected chi connectivity index (χ0v) is 19.9. The third kappa shape index (κ3) is 5.32. The molecule has 1 aliphatic heterocycles. The maximum absolute atomic E-state index is 13.1. The summed E-state index contributed by atoms with van der Waals surface area (Å²) in [4.78, 5) is 19.6. The molecular formula is C23H26Cl2N2O2S. The van der Waals surface area contributed by atoms with E-state index < -0.39 is 0 Å². The van der Waals surface area contributed by atoms with Crippen LogP contribution in [0.3, 0.4) is 0 Å². The van der Waals surface area contributed by atoms with Crippen LogP contribution in [0.1, 0.15) is 44.2 Å². The number of benzene rings is 2. The molecule has 2 aromatic rings. The zero-order valence-electron chi connectivity index (χ0n) is 17.6. The first-order chi connectivity index (χ1) is 14.3. The molecule has 1 heterocycles. The number of halogens is 2. The Morgan fingerprint density at radius 1 is 1.27 bits per heavy atom. The number of hydrogen-bond donors (Lipinski definition) is 0. The maximum atomic E-state index is 13.1. The van der Waals surface area contributed by atoms with Crippen molar-refractivity contribution in [3.8, 4) is 5.75 Å². The normalized spacial score (nSPS) is 17.8. The second-order valence-electron chi connectivity index (χ2n) is 7.59. The van der Waals surface area contributed by atoms with E-state index in [-0.39, 0.29) is 24.5 Å². The highest BCUT2D eigenvalue weighted by molar-refractivity contribution is 8.14. The van der Waals surface area contributed by atoms with Gasteiger partial charge in [0.25, 0.3) is 5.91 Å². The summed E-state index contributed by atoms with van der Waals surface area (Å²) < 4.78 is 5.98.